The highest BCUT2D eigenvalue weighted by Gasteiger charge is 2.17. The molecular formula is C15H11BrF2N2O3. The largest absolute Gasteiger partial charge is 0.465 e. The van der Waals surface area contributed by atoms with Gasteiger partial charge in [-0.3, -0.25) is 10.1 Å². The van der Waals surface area contributed by atoms with Crippen molar-refractivity contribution in [2.24, 2.45) is 0 Å². The van der Waals surface area contributed by atoms with Crippen LogP contribution >= 0.6 is 15.9 Å². The van der Waals surface area contributed by atoms with Crippen molar-refractivity contribution in [1.82, 2.24) is 5.32 Å². The van der Waals surface area contributed by atoms with E-state index in [-0.39, 0.29) is 17.8 Å². The Labute approximate surface area is 138 Å². The van der Waals surface area contributed by atoms with E-state index in [1.807, 2.05) is 5.32 Å². The first-order chi connectivity index (χ1) is 10.9. The maximum atomic E-state index is 13.3. The number of carboxylic acid groups (broad SMARTS) is 1. The van der Waals surface area contributed by atoms with Crippen molar-refractivity contribution >= 4 is 33.6 Å². The first-order valence-electron chi connectivity index (χ1n) is 6.38. The number of carbonyl (C=O) groups is 2. The highest BCUT2D eigenvalue weighted by Crippen LogP contribution is 2.20. The second kappa shape index (κ2) is 7.19. The van der Waals surface area contributed by atoms with E-state index in [0.29, 0.717) is 12.1 Å². The van der Waals surface area contributed by atoms with Gasteiger partial charge in [-0.05, 0) is 23.8 Å². The minimum absolute atomic E-state index is 0.150. The van der Waals surface area contributed by atoms with Gasteiger partial charge in [-0.2, -0.15) is 0 Å². The Morgan fingerprint density at radius 1 is 1.09 bits per heavy atom. The van der Waals surface area contributed by atoms with Gasteiger partial charge in [0.15, 0.2) is 11.6 Å². The zero-order chi connectivity index (χ0) is 17.0. The molecule has 3 N–H and O–H groups in total. The molecule has 120 valence electrons. The number of hydrogen-bond acceptors (Lipinski definition) is 2. The molecule has 0 saturated heterocycles. The highest BCUT2D eigenvalue weighted by atomic mass is 79.9. The topological polar surface area (TPSA) is 78.4 Å². The van der Waals surface area contributed by atoms with Crippen LogP contribution in [-0.2, 0) is 6.54 Å². The molecule has 0 radical (unpaired) electrons. The third-order valence-corrected chi connectivity index (χ3v) is 3.44. The number of anilines is 1. The van der Waals surface area contributed by atoms with Crippen molar-refractivity contribution in [3.8, 4) is 0 Å². The van der Waals surface area contributed by atoms with E-state index >= 15 is 0 Å². The van der Waals surface area contributed by atoms with Gasteiger partial charge in [0.1, 0.15) is 0 Å². The molecule has 0 aliphatic heterocycles. The molecule has 0 aliphatic rings. The summed E-state index contributed by atoms with van der Waals surface area (Å²) in [5, 5.41) is 13.1. The van der Waals surface area contributed by atoms with Gasteiger partial charge in [0, 0.05) is 17.1 Å². The van der Waals surface area contributed by atoms with Crippen LogP contribution in [0.5, 0.6) is 0 Å². The molecule has 2 aromatic carbocycles. The molecule has 0 spiro atoms. The van der Waals surface area contributed by atoms with Crippen molar-refractivity contribution < 1.29 is 23.5 Å². The molecule has 0 atom stereocenters. The van der Waals surface area contributed by atoms with Gasteiger partial charge < -0.3 is 10.4 Å². The number of carbonyl (C=O) groups excluding carboxylic acids is 1. The van der Waals surface area contributed by atoms with Crippen LogP contribution in [0.3, 0.4) is 0 Å². The van der Waals surface area contributed by atoms with Gasteiger partial charge >= 0.3 is 6.09 Å². The molecule has 2 amide bonds. The lowest BCUT2D eigenvalue weighted by Gasteiger charge is -2.11. The first kappa shape index (κ1) is 16.9. The fourth-order valence-electron chi connectivity index (χ4n) is 1.83. The summed E-state index contributed by atoms with van der Waals surface area (Å²) in [7, 11) is 0. The molecule has 0 fully saturated rings. The number of halogens is 3. The molecule has 5 nitrogen and oxygen atoms in total. The van der Waals surface area contributed by atoms with E-state index < -0.39 is 23.6 Å². The predicted octanol–water partition coefficient (Wildman–Crippen LogP) is 3.75. The van der Waals surface area contributed by atoms with Crippen molar-refractivity contribution in [1.29, 1.82) is 0 Å². The SMILES string of the molecule is O=C(O)Nc1cc(F)c(F)cc1C(=O)NCc1ccc(Br)cc1. The standard InChI is InChI=1S/C15H11BrF2N2O3/c16-9-3-1-8(2-4-9)7-19-14(21)10-5-11(17)12(18)6-13(10)20-15(22)23/h1-6,20H,7H2,(H,19,21)(H,22,23). The minimum Gasteiger partial charge on any atom is -0.465 e. The smallest absolute Gasteiger partial charge is 0.409 e. The fourth-order valence-corrected chi connectivity index (χ4v) is 2.10. The van der Waals surface area contributed by atoms with Crippen LogP contribution in [0, 0.1) is 11.6 Å². The van der Waals surface area contributed by atoms with Crippen LogP contribution in [-0.4, -0.2) is 17.1 Å². The van der Waals surface area contributed by atoms with Crippen LogP contribution < -0.4 is 10.6 Å². The number of amides is 2. The van der Waals surface area contributed by atoms with Crippen molar-refractivity contribution in [3.05, 3.63) is 63.6 Å². The predicted molar refractivity (Wildman–Crippen MR) is 83.3 cm³/mol. The van der Waals surface area contributed by atoms with Crippen LogP contribution in [0.4, 0.5) is 19.3 Å². The normalized spacial score (nSPS) is 10.2. The molecule has 2 rings (SSSR count). The summed E-state index contributed by atoms with van der Waals surface area (Å²) >= 11 is 3.28. The van der Waals surface area contributed by atoms with E-state index in [4.69, 9.17) is 5.11 Å². The van der Waals surface area contributed by atoms with Gasteiger partial charge in [0.25, 0.3) is 5.91 Å². The Morgan fingerprint density at radius 3 is 2.30 bits per heavy atom. The number of nitrogens with one attached hydrogen (secondary N) is 2. The van der Waals surface area contributed by atoms with Crippen molar-refractivity contribution in [2.45, 2.75) is 6.54 Å². The molecule has 0 heterocycles. The Kier molecular flexibility index (Phi) is 5.28. The van der Waals surface area contributed by atoms with Gasteiger partial charge in [0.2, 0.25) is 0 Å². The summed E-state index contributed by atoms with van der Waals surface area (Å²) in [6.45, 7) is 0.150. The summed E-state index contributed by atoms with van der Waals surface area (Å²) < 4.78 is 27.4. The average Bonchev–Trinajstić information content (AvgIpc) is 2.49. The molecule has 0 aliphatic carbocycles. The molecule has 23 heavy (non-hydrogen) atoms. The summed E-state index contributed by atoms with van der Waals surface area (Å²) in [6, 6.07) is 8.39. The quantitative estimate of drug-likeness (QED) is 0.750. The van der Waals surface area contributed by atoms with E-state index in [1.165, 1.54) is 0 Å². The van der Waals surface area contributed by atoms with Crippen LogP contribution in [0.15, 0.2) is 40.9 Å². The third-order valence-electron chi connectivity index (χ3n) is 2.91. The maximum absolute atomic E-state index is 13.3. The van der Waals surface area contributed by atoms with Crippen LogP contribution in [0.1, 0.15) is 15.9 Å². The maximum Gasteiger partial charge on any atom is 0.409 e. The second-order valence-electron chi connectivity index (χ2n) is 4.55. The lowest BCUT2D eigenvalue weighted by Crippen LogP contribution is -2.25. The molecule has 0 bridgehead atoms. The fraction of sp³-hybridized carbons (Fsp3) is 0.0667. The van der Waals surface area contributed by atoms with Crippen molar-refractivity contribution in [2.75, 3.05) is 5.32 Å². The Morgan fingerprint density at radius 2 is 1.70 bits per heavy atom. The zero-order valence-electron chi connectivity index (χ0n) is 11.6. The van der Waals surface area contributed by atoms with E-state index in [1.54, 1.807) is 24.3 Å². The summed E-state index contributed by atoms with van der Waals surface area (Å²) in [5.74, 6) is -3.22. The van der Waals surface area contributed by atoms with Gasteiger partial charge in [-0.1, -0.05) is 28.1 Å². The Balaban J connectivity index is 2.18. The van der Waals surface area contributed by atoms with E-state index in [0.717, 1.165) is 10.0 Å². The van der Waals surface area contributed by atoms with Crippen molar-refractivity contribution in [3.63, 3.8) is 0 Å². The third kappa shape index (κ3) is 4.49. The zero-order valence-corrected chi connectivity index (χ0v) is 13.2. The average molecular weight is 385 g/mol. The molecule has 0 unspecified atom stereocenters. The van der Waals surface area contributed by atoms with Gasteiger partial charge in [-0.25, -0.2) is 13.6 Å². The number of hydrogen-bond donors (Lipinski definition) is 3. The lowest BCUT2D eigenvalue weighted by atomic mass is 10.1. The minimum atomic E-state index is -1.49. The van der Waals surface area contributed by atoms with Crippen LogP contribution in [0.2, 0.25) is 0 Å². The lowest BCUT2D eigenvalue weighted by molar-refractivity contribution is 0.0951. The number of benzene rings is 2. The number of rotatable bonds is 4. The summed E-state index contributed by atoms with van der Waals surface area (Å²) in [5.41, 5.74) is 0.157. The molecule has 8 heteroatoms. The summed E-state index contributed by atoms with van der Waals surface area (Å²) in [6.07, 6.45) is -1.49. The molecule has 0 saturated carbocycles. The second-order valence-corrected chi connectivity index (χ2v) is 5.47. The molecule has 0 aromatic heterocycles. The molecule has 2 aromatic rings. The first-order valence-corrected chi connectivity index (χ1v) is 7.17. The Bertz CT molecular complexity index is 751. The van der Waals surface area contributed by atoms with Gasteiger partial charge in [0.05, 0.1) is 11.3 Å². The molecular weight excluding hydrogens is 374 g/mol. The van der Waals surface area contributed by atoms with Crippen LogP contribution in [0.25, 0.3) is 0 Å². The Hall–Kier alpha value is -2.48. The highest BCUT2D eigenvalue weighted by molar-refractivity contribution is 9.10. The van der Waals surface area contributed by atoms with Gasteiger partial charge in [-0.15, -0.1) is 0 Å². The van der Waals surface area contributed by atoms with E-state index in [9.17, 15) is 18.4 Å². The summed E-state index contributed by atoms with van der Waals surface area (Å²) in [4.78, 5) is 22.8. The van der Waals surface area contributed by atoms with E-state index in [2.05, 4.69) is 21.2 Å². The monoisotopic (exact) mass is 384 g/mol.